The minimum Gasteiger partial charge on any atom is -0.550 e. The number of benzene rings is 2. The molecule has 0 aliphatic heterocycles. The number of aliphatic hydroxyl groups is 2. The van der Waals surface area contributed by atoms with Crippen LogP contribution in [0, 0.1) is 12.7 Å². The van der Waals surface area contributed by atoms with E-state index in [-0.39, 0.29) is 30.4 Å². The topological polar surface area (TPSA) is 128 Å². The lowest BCUT2D eigenvalue weighted by molar-refractivity contribution is -0.307. The molecule has 0 saturated heterocycles. The van der Waals surface area contributed by atoms with Gasteiger partial charge in [-0.05, 0) is 61.9 Å². The molecule has 0 aliphatic carbocycles. The first-order chi connectivity index (χ1) is 17.5. The zero-order valence-electron chi connectivity index (χ0n) is 21.3. The number of rotatable bonds is 12. The second-order valence-corrected chi connectivity index (χ2v) is 9.58. The molecule has 0 radical (unpaired) electrons. The summed E-state index contributed by atoms with van der Waals surface area (Å²) in [4.78, 5) is 24.0. The minimum absolute atomic E-state index is 0.0925. The number of carbonyl (C=O) groups is 2. The number of nitrogens with one attached hydrogen (secondary N) is 1. The van der Waals surface area contributed by atoms with Crippen molar-refractivity contribution in [3.05, 3.63) is 82.4 Å². The van der Waals surface area contributed by atoms with E-state index in [0.29, 0.717) is 29.9 Å². The molecule has 9 heteroatoms. The molecule has 0 fully saturated rings. The summed E-state index contributed by atoms with van der Waals surface area (Å²) in [6.45, 7) is 6.19. The maximum absolute atomic E-state index is 13.6. The summed E-state index contributed by atoms with van der Waals surface area (Å²) in [6.07, 6.45) is -2.41. The Morgan fingerprint density at radius 3 is 2.30 bits per heavy atom. The van der Waals surface area contributed by atoms with Gasteiger partial charge >= 0.3 is 0 Å². The Balaban J connectivity index is 1.90. The summed E-state index contributed by atoms with van der Waals surface area (Å²) >= 11 is 0. The average molecular weight is 511 g/mol. The molecule has 3 N–H and O–H groups in total. The zero-order chi connectivity index (χ0) is 27.1. The fourth-order valence-electron chi connectivity index (χ4n) is 4.26. The monoisotopic (exact) mass is 510 g/mol. The molecule has 0 saturated carbocycles. The van der Waals surface area contributed by atoms with E-state index in [4.69, 9.17) is 0 Å². The van der Waals surface area contributed by atoms with Crippen molar-refractivity contribution >= 4 is 11.9 Å². The Morgan fingerprint density at radius 1 is 1.05 bits per heavy atom. The van der Waals surface area contributed by atoms with Crippen LogP contribution in [0.2, 0.25) is 0 Å². The number of hydrogen-bond acceptors (Lipinski definition) is 6. The number of halogens is 1. The van der Waals surface area contributed by atoms with Crippen molar-refractivity contribution in [3.8, 4) is 5.69 Å². The quantitative estimate of drug-likeness (QED) is 0.344. The number of carbonyl (C=O) groups excluding carboxylic acids is 2. The molecule has 198 valence electrons. The van der Waals surface area contributed by atoms with Crippen LogP contribution in [0.5, 0.6) is 0 Å². The van der Waals surface area contributed by atoms with Gasteiger partial charge in [0.2, 0.25) is 0 Å². The molecule has 0 bridgehead atoms. The third-order valence-electron chi connectivity index (χ3n) is 6.12. The van der Waals surface area contributed by atoms with E-state index in [9.17, 15) is 29.3 Å². The smallest absolute Gasteiger partial charge is 0.272 e. The van der Waals surface area contributed by atoms with Gasteiger partial charge in [-0.2, -0.15) is 5.10 Å². The molecule has 37 heavy (non-hydrogen) atoms. The van der Waals surface area contributed by atoms with Crippen LogP contribution in [-0.4, -0.2) is 44.1 Å². The first kappa shape index (κ1) is 28.0. The lowest BCUT2D eigenvalue weighted by Crippen LogP contribution is -2.29. The van der Waals surface area contributed by atoms with Gasteiger partial charge in [0.25, 0.3) is 5.91 Å². The summed E-state index contributed by atoms with van der Waals surface area (Å²) in [5.41, 5.74) is 4.25. The second kappa shape index (κ2) is 12.6. The van der Waals surface area contributed by atoms with Crippen LogP contribution in [0.4, 0.5) is 4.39 Å². The van der Waals surface area contributed by atoms with Gasteiger partial charge in [-0.1, -0.05) is 43.7 Å². The van der Waals surface area contributed by atoms with Crippen LogP contribution in [0.1, 0.15) is 71.9 Å². The third kappa shape index (κ3) is 7.71. The van der Waals surface area contributed by atoms with E-state index in [2.05, 4.69) is 10.4 Å². The number of aryl methyl sites for hydroxylation is 1. The summed E-state index contributed by atoms with van der Waals surface area (Å²) in [7, 11) is 0. The number of aromatic nitrogens is 2. The predicted octanol–water partition coefficient (Wildman–Crippen LogP) is 2.56. The van der Waals surface area contributed by atoms with Gasteiger partial charge < -0.3 is 25.4 Å². The summed E-state index contributed by atoms with van der Waals surface area (Å²) in [5.74, 6) is -2.24. The van der Waals surface area contributed by atoms with Crippen LogP contribution in [-0.2, 0) is 17.8 Å². The Hall–Kier alpha value is -3.56. The highest BCUT2D eigenvalue weighted by molar-refractivity contribution is 5.94. The third-order valence-corrected chi connectivity index (χ3v) is 6.12. The number of amides is 1. The van der Waals surface area contributed by atoms with E-state index in [1.807, 2.05) is 45.0 Å². The van der Waals surface area contributed by atoms with Gasteiger partial charge in [0, 0.05) is 30.2 Å². The van der Waals surface area contributed by atoms with Crippen molar-refractivity contribution < 1.29 is 29.3 Å². The van der Waals surface area contributed by atoms with E-state index >= 15 is 0 Å². The molecule has 0 aliphatic rings. The SMILES string of the molecule is Cc1ccc(CNC(=O)c2nn(-c3ccc(F)cc3)c(CC[C@@H](O)C[C@@H](O)CC(=O)[O-])c2C(C)C)cc1. The Morgan fingerprint density at radius 2 is 1.70 bits per heavy atom. The molecule has 1 heterocycles. The number of aliphatic hydroxyl groups excluding tert-OH is 2. The highest BCUT2D eigenvalue weighted by Gasteiger charge is 2.26. The fourth-order valence-corrected chi connectivity index (χ4v) is 4.26. The summed E-state index contributed by atoms with van der Waals surface area (Å²) < 4.78 is 15.2. The molecule has 0 spiro atoms. The van der Waals surface area contributed by atoms with Crippen molar-refractivity contribution in [2.24, 2.45) is 0 Å². The fraction of sp³-hybridized carbons (Fsp3) is 0.393. The van der Waals surface area contributed by atoms with Crippen LogP contribution >= 0.6 is 0 Å². The van der Waals surface area contributed by atoms with Crippen molar-refractivity contribution in [2.45, 2.75) is 71.1 Å². The highest BCUT2D eigenvalue weighted by atomic mass is 19.1. The molecule has 3 rings (SSSR count). The molecule has 1 aromatic heterocycles. The number of carboxylic acids is 1. The van der Waals surface area contributed by atoms with Gasteiger partial charge in [0.05, 0.1) is 17.9 Å². The van der Waals surface area contributed by atoms with Gasteiger partial charge in [0.1, 0.15) is 5.82 Å². The molecular weight excluding hydrogens is 477 g/mol. The van der Waals surface area contributed by atoms with E-state index in [1.165, 1.54) is 12.1 Å². The number of carboxylic acid groups (broad SMARTS) is 1. The normalized spacial score (nSPS) is 12.9. The van der Waals surface area contributed by atoms with E-state index in [1.54, 1.807) is 16.8 Å². The Kier molecular flexibility index (Phi) is 9.54. The maximum atomic E-state index is 13.6. The van der Waals surface area contributed by atoms with Crippen LogP contribution in [0.15, 0.2) is 48.5 Å². The Labute approximate surface area is 215 Å². The predicted molar refractivity (Wildman–Crippen MR) is 135 cm³/mol. The number of hydrogen-bond donors (Lipinski definition) is 3. The number of aliphatic carboxylic acids is 1. The van der Waals surface area contributed by atoms with Crippen LogP contribution < -0.4 is 10.4 Å². The van der Waals surface area contributed by atoms with E-state index < -0.39 is 30.4 Å². The van der Waals surface area contributed by atoms with Crippen LogP contribution in [0.25, 0.3) is 5.69 Å². The molecule has 2 atom stereocenters. The van der Waals surface area contributed by atoms with Crippen molar-refractivity contribution in [1.29, 1.82) is 0 Å². The van der Waals surface area contributed by atoms with Crippen molar-refractivity contribution in [3.63, 3.8) is 0 Å². The largest absolute Gasteiger partial charge is 0.550 e. The summed E-state index contributed by atoms with van der Waals surface area (Å²) in [5, 5.41) is 38.5. The molecule has 2 aromatic carbocycles. The van der Waals surface area contributed by atoms with Gasteiger partial charge in [0.15, 0.2) is 5.69 Å². The van der Waals surface area contributed by atoms with Crippen molar-refractivity contribution in [2.75, 3.05) is 0 Å². The zero-order valence-corrected chi connectivity index (χ0v) is 21.3. The van der Waals surface area contributed by atoms with Crippen molar-refractivity contribution in [1.82, 2.24) is 15.1 Å². The molecule has 3 aromatic rings. The lowest BCUT2D eigenvalue weighted by atomic mass is 9.95. The highest BCUT2D eigenvalue weighted by Crippen LogP contribution is 2.28. The van der Waals surface area contributed by atoms with Gasteiger partial charge in [-0.3, -0.25) is 4.79 Å². The summed E-state index contributed by atoms with van der Waals surface area (Å²) in [6, 6.07) is 13.6. The first-order valence-electron chi connectivity index (χ1n) is 12.3. The Bertz CT molecular complexity index is 1210. The minimum atomic E-state index is -1.39. The molecule has 8 nitrogen and oxygen atoms in total. The number of nitrogens with zero attached hydrogens (tertiary/aromatic N) is 2. The van der Waals surface area contributed by atoms with Crippen LogP contribution in [0.3, 0.4) is 0 Å². The second-order valence-electron chi connectivity index (χ2n) is 9.58. The lowest BCUT2D eigenvalue weighted by Gasteiger charge is -2.17. The van der Waals surface area contributed by atoms with Gasteiger partial charge in [-0.15, -0.1) is 0 Å². The maximum Gasteiger partial charge on any atom is 0.272 e. The first-order valence-corrected chi connectivity index (χ1v) is 12.3. The molecular formula is C28H33FN3O5-. The standard InChI is InChI=1S/C28H34FN3O5/c1-17(2)26-24(13-12-22(33)14-23(34)15-25(35)36)32(21-10-8-20(29)9-11-21)31-27(26)28(37)30-16-19-6-4-18(3)5-7-19/h4-11,17,22-23,33-34H,12-16H2,1-3H3,(H,30,37)(H,35,36)/p-1/t22-,23-/m1/s1. The van der Waals surface area contributed by atoms with Gasteiger partial charge in [-0.25, -0.2) is 9.07 Å². The molecule has 0 unspecified atom stereocenters. The van der Waals surface area contributed by atoms with E-state index in [0.717, 1.165) is 11.1 Å². The molecule has 1 amide bonds. The average Bonchev–Trinajstić information content (AvgIpc) is 3.22.